The SMILES string of the molecule is CC1(C)c2ccccc2-c2ccc(N(c3ccc(-c4cccc5ccccc45)cc3)c3ccc(-c4cc5ccccc5c5c4ccc4ccccc45)cc3)cc21. The van der Waals surface area contributed by atoms with E-state index in [9.17, 15) is 0 Å². The van der Waals surface area contributed by atoms with Crippen LogP contribution in [0.4, 0.5) is 17.1 Å². The summed E-state index contributed by atoms with van der Waals surface area (Å²) in [6, 6.07) is 74.0. The van der Waals surface area contributed by atoms with E-state index in [1.807, 2.05) is 0 Å². The van der Waals surface area contributed by atoms with Crippen molar-refractivity contribution in [2.24, 2.45) is 0 Å². The van der Waals surface area contributed by atoms with Crippen LogP contribution in [-0.2, 0) is 5.41 Å². The van der Waals surface area contributed by atoms with Gasteiger partial charge in [0.15, 0.2) is 0 Å². The summed E-state index contributed by atoms with van der Waals surface area (Å²) in [4.78, 5) is 2.42. The van der Waals surface area contributed by atoms with E-state index in [4.69, 9.17) is 0 Å². The molecular weight excluding hydrogens is 675 g/mol. The van der Waals surface area contributed by atoms with Crippen LogP contribution >= 0.6 is 0 Å². The third-order valence-corrected chi connectivity index (χ3v) is 12.2. The highest BCUT2D eigenvalue weighted by atomic mass is 15.1. The maximum absolute atomic E-state index is 2.42. The van der Waals surface area contributed by atoms with Crippen LogP contribution in [0.25, 0.3) is 76.5 Å². The van der Waals surface area contributed by atoms with Gasteiger partial charge in [0.25, 0.3) is 0 Å². The lowest BCUT2D eigenvalue weighted by Crippen LogP contribution is -2.16. The second-order valence-electron chi connectivity index (χ2n) is 15.7. The molecule has 10 aromatic rings. The lowest BCUT2D eigenvalue weighted by atomic mass is 9.82. The Bertz CT molecular complexity index is 3130. The second kappa shape index (κ2) is 12.5. The molecule has 10 aromatic carbocycles. The fourth-order valence-electron chi connectivity index (χ4n) is 9.44. The maximum Gasteiger partial charge on any atom is 0.0465 e. The molecule has 0 N–H and O–H groups in total. The molecule has 11 rings (SSSR count). The smallest absolute Gasteiger partial charge is 0.0465 e. The Labute approximate surface area is 327 Å². The summed E-state index contributed by atoms with van der Waals surface area (Å²) in [5.41, 5.74) is 13.6. The van der Waals surface area contributed by atoms with Crippen molar-refractivity contribution in [1.29, 1.82) is 0 Å². The first-order chi connectivity index (χ1) is 27.5. The average molecular weight is 714 g/mol. The fraction of sp³-hybridized carbons (Fsp3) is 0.0545. The van der Waals surface area contributed by atoms with Gasteiger partial charge < -0.3 is 4.90 Å². The zero-order valence-corrected chi connectivity index (χ0v) is 31.5. The third-order valence-electron chi connectivity index (χ3n) is 12.2. The van der Waals surface area contributed by atoms with Gasteiger partial charge in [-0.1, -0.05) is 172 Å². The molecule has 0 unspecified atom stereocenters. The predicted octanol–water partition coefficient (Wildman–Crippen LogP) is 15.4. The molecule has 1 heteroatoms. The van der Waals surface area contributed by atoms with E-state index in [1.54, 1.807) is 0 Å². The van der Waals surface area contributed by atoms with Crippen LogP contribution in [0, 0.1) is 0 Å². The number of nitrogens with zero attached hydrogens (tertiary/aromatic N) is 1. The number of fused-ring (bicyclic) bond motifs is 9. The third kappa shape index (κ3) is 5.01. The minimum absolute atomic E-state index is 0.100. The Kier molecular flexibility index (Phi) is 7.28. The summed E-state index contributed by atoms with van der Waals surface area (Å²) in [7, 11) is 0. The van der Waals surface area contributed by atoms with Gasteiger partial charge in [-0.25, -0.2) is 0 Å². The minimum atomic E-state index is -0.100. The number of benzene rings is 10. The van der Waals surface area contributed by atoms with Gasteiger partial charge in [0.1, 0.15) is 0 Å². The topological polar surface area (TPSA) is 3.24 Å². The number of hydrogen-bond donors (Lipinski definition) is 0. The highest BCUT2D eigenvalue weighted by Crippen LogP contribution is 2.51. The summed E-state index contributed by atoms with van der Waals surface area (Å²) in [5.74, 6) is 0. The molecule has 0 saturated heterocycles. The first-order valence-electron chi connectivity index (χ1n) is 19.6. The highest BCUT2D eigenvalue weighted by molar-refractivity contribution is 6.24. The Balaban J connectivity index is 1.06. The summed E-state index contributed by atoms with van der Waals surface area (Å²) >= 11 is 0. The first-order valence-corrected chi connectivity index (χ1v) is 19.6. The second-order valence-corrected chi connectivity index (χ2v) is 15.7. The lowest BCUT2D eigenvalue weighted by molar-refractivity contribution is 0.660. The molecular formula is C55H39N. The average Bonchev–Trinajstić information content (AvgIpc) is 3.49. The van der Waals surface area contributed by atoms with E-state index in [1.165, 1.54) is 87.6 Å². The summed E-state index contributed by atoms with van der Waals surface area (Å²) in [5, 5.41) is 10.2. The van der Waals surface area contributed by atoms with Crippen molar-refractivity contribution < 1.29 is 0 Å². The van der Waals surface area contributed by atoms with E-state index < -0.39 is 0 Å². The van der Waals surface area contributed by atoms with Crippen molar-refractivity contribution in [3.8, 4) is 33.4 Å². The number of rotatable bonds is 5. The van der Waals surface area contributed by atoms with E-state index >= 15 is 0 Å². The van der Waals surface area contributed by atoms with Crippen LogP contribution in [0.5, 0.6) is 0 Å². The predicted molar refractivity (Wildman–Crippen MR) is 240 cm³/mol. The summed E-state index contributed by atoms with van der Waals surface area (Å²) in [6.45, 7) is 4.72. The van der Waals surface area contributed by atoms with Gasteiger partial charge >= 0.3 is 0 Å². The first kappa shape index (κ1) is 32.5. The van der Waals surface area contributed by atoms with Gasteiger partial charge in [0.05, 0.1) is 0 Å². The van der Waals surface area contributed by atoms with Crippen molar-refractivity contribution in [2.75, 3.05) is 4.90 Å². The molecule has 1 aliphatic rings. The van der Waals surface area contributed by atoms with Crippen molar-refractivity contribution in [1.82, 2.24) is 0 Å². The summed E-state index contributed by atoms with van der Waals surface area (Å²) < 4.78 is 0. The van der Waals surface area contributed by atoms with Crippen molar-refractivity contribution in [3.63, 3.8) is 0 Å². The lowest BCUT2D eigenvalue weighted by Gasteiger charge is -2.28. The quantitative estimate of drug-likeness (QED) is 0.161. The van der Waals surface area contributed by atoms with Crippen LogP contribution in [0.15, 0.2) is 200 Å². The van der Waals surface area contributed by atoms with Gasteiger partial charge in [0, 0.05) is 22.5 Å². The zero-order valence-electron chi connectivity index (χ0n) is 31.5. The molecule has 56 heavy (non-hydrogen) atoms. The van der Waals surface area contributed by atoms with Crippen LogP contribution in [0.2, 0.25) is 0 Å². The molecule has 0 bridgehead atoms. The van der Waals surface area contributed by atoms with Crippen LogP contribution in [-0.4, -0.2) is 0 Å². The number of anilines is 3. The van der Waals surface area contributed by atoms with Gasteiger partial charge in [0.2, 0.25) is 0 Å². The minimum Gasteiger partial charge on any atom is -0.310 e. The molecule has 264 valence electrons. The maximum atomic E-state index is 2.42. The van der Waals surface area contributed by atoms with Crippen molar-refractivity contribution in [3.05, 3.63) is 211 Å². The van der Waals surface area contributed by atoms with E-state index in [0.717, 1.165) is 17.1 Å². The van der Waals surface area contributed by atoms with Gasteiger partial charge in [-0.05, 0) is 130 Å². The van der Waals surface area contributed by atoms with Crippen molar-refractivity contribution >= 4 is 60.2 Å². The van der Waals surface area contributed by atoms with E-state index in [2.05, 4.69) is 219 Å². The molecule has 1 aliphatic carbocycles. The molecule has 1 nitrogen and oxygen atoms in total. The molecule has 0 saturated carbocycles. The number of hydrogen-bond acceptors (Lipinski definition) is 1. The van der Waals surface area contributed by atoms with Crippen LogP contribution < -0.4 is 4.90 Å². The Morgan fingerprint density at radius 1 is 0.321 bits per heavy atom. The van der Waals surface area contributed by atoms with Gasteiger partial charge in [-0.15, -0.1) is 0 Å². The fourth-order valence-corrected chi connectivity index (χ4v) is 9.44. The van der Waals surface area contributed by atoms with Gasteiger partial charge in [-0.2, -0.15) is 0 Å². The molecule has 0 spiro atoms. The Morgan fingerprint density at radius 2 is 0.839 bits per heavy atom. The molecule has 0 amide bonds. The van der Waals surface area contributed by atoms with E-state index in [0.29, 0.717) is 0 Å². The molecule has 0 aliphatic heterocycles. The standard InChI is InChI=1S/C55H39N/c1-55(2)52-21-10-9-19-48(52)49-33-31-43(35-53(49)55)56(41-27-22-38(23-28-41)45-20-11-15-36-12-3-6-16-44(36)45)42-29-24-39(25-30-42)51-34-40-14-5-8-18-47(40)54-46-17-7-4-13-37(46)26-32-50(51)54/h3-35H,1-2H3. The monoisotopic (exact) mass is 713 g/mol. The molecule has 0 fully saturated rings. The van der Waals surface area contributed by atoms with Crippen LogP contribution in [0.3, 0.4) is 0 Å². The summed E-state index contributed by atoms with van der Waals surface area (Å²) in [6.07, 6.45) is 0. The molecule has 0 aromatic heterocycles. The Morgan fingerprint density at radius 3 is 1.57 bits per heavy atom. The van der Waals surface area contributed by atoms with Crippen molar-refractivity contribution in [2.45, 2.75) is 19.3 Å². The Hall–Kier alpha value is -6.96. The molecule has 0 radical (unpaired) electrons. The zero-order chi connectivity index (χ0) is 37.4. The van der Waals surface area contributed by atoms with E-state index in [-0.39, 0.29) is 5.41 Å². The molecule has 0 heterocycles. The normalized spacial score (nSPS) is 13.0. The highest BCUT2D eigenvalue weighted by Gasteiger charge is 2.35. The van der Waals surface area contributed by atoms with Gasteiger partial charge in [-0.3, -0.25) is 0 Å². The molecule has 0 atom stereocenters. The van der Waals surface area contributed by atoms with Crippen LogP contribution in [0.1, 0.15) is 25.0 Å². The largest absolute Gasteiger partial charge is 0.310 e.